The second-order valence-electron chi connectivity index (χ2n) is 5.10. The minimum atomic E-state index is 0.00627. The Hall–Kier alpha value is -1.69. The van der Waals surface area contributed by atoms with Crippen molar-refractivity contribution < 1.29 is 4.79 Å². The van der Waals surface area contributed by atoms with Crippen LogP contribution >= 0.6 is 34.3 Å². The monoisotopic (exact) mass is 362 g/mol. The molecule has 1 aromatic carbocycles. The van der Waals surface area contributed by atoms with E-state index < -0.39 is 0 Å². The molecule has 0 radical (unpaired) electrons. The molecule has 1 N–H and O–H groups in total. The van der Waals surface area contributed by atoms with Gasteiger partial charge in [-0.15, -0.1) is 22.7 Å². The SMILES string of the molecule is Cc1nc(-c2ccc(CNC(=O)Cc3ccc(Cl)cc3)s2)cs1. The summed E-state index contributed by atoms with van der Waals surface area (Å²) < 4.78 is 0. The Morgan fingerprint density at radius 1 is 1.22 bits per heavy atom. The van der Waals surface area contributed by atoms with E-state index in [1.54, 1.807) is 34.8 Å². The Kier molecular flexibility index (Phi) is 5.10. The fourth-order valence-electron chi connectivity index (χ4n) is 2.12. The van der Waals surface area contributed by atoms with Crippen molar-refractivity contribution in [3.63, 3.8) is 0 Å². The smallest absolute Gasteiger partial charge is 0.224 e. The molecule has 0 spiro atoms. The summed E-state index contributed by atoms with van der Waals surface area (Å²) in [6, 6.07) is 11.4. The summed E-state index contributed by atoms with van der Waals surface area (Å²) in [6.45, 7) is 2.54. The van der Waals surface area contributed by atoms with Gasteiger partial charge in [0.05, 0.1) is 28.5 Å². The topological polar surface area (TPSA) is 42.0 Å². The Bertz CT molecular complexity index is 808. The number of thiophene rings is 1. The van der Waals surface area contributed by atoms with Crippen molar-refractivity contribution in [3.05, 3.63) is 62.2 Å². The number of hydrogen-bond acceptors (Lipinski definition) is 4. The zero-order chi connectivity index (χ0) is 16.2. The third-order valence-electron chi connectivity index (χ3n) is 3.27. The van der Waals surface area contributed by atoms with Crippen LogP contribution in [-0.2, 0) is 17.8 Å². The van der Waals surface area contributed by atoms with Crippen molar-refractivity contribution in [3.8, 4) is 10.6 Å². The standard InChI is InChI=1S/C17H15ClN2OS2/c1-11-20-15(10-22-11)16-7-6-14(23-16)9-19-17(21)8-12-2-4-13(18)5-3-12/h2-7,10H,8-9H2,1H3,(H,19,21). The van der Waals surface area contributed by atoms with Crippen molar-refractivity contribution in [2.45, 2.75) is 19.9 Å². The fourth-order valence-corrected chi connectivity index (χ4v) is 3.84. The molecule has 3 rings (SSSR count). The van der Waals surface area contributed by atoms with E-state index in [2.05, 4.69) is 21.7 Å². The van der Waals surface area contributed by atoms with Gasteiger partial charge in [0.15, 0.2) is 0 Å². The van der Waals surface area contributed by atoms with Crippen LogP contribution in [0.25, 0.3) is 10.6 Å². The number of aromatic nitrogens is 1. The number of rotatable bonds is 5. The van der Waals surface area contributed by atoms with Crippen LogP contribution in [0.15, 0.2) is 41.8 Å². The molecule has 0 saturated carbocycles. The minimum Gasteiger partial charge on any atom is -0.351 e. The zero-order valence-corrected chi connectivity index (χ0v) is 14.9. The summed E-state index contributed by atoms with van der Waals surface area (Å²) in [4.78, 5) is 18.7. The van der Waals surface area contributed by atoms with Crippen LogP contribution < -0.4 is 5.32 Å². The highest BCUT2D eigenvalue weighted by atomic mass is 35.5. The van der Waals surface area contributed by atoms with E-state index in [9.17, 15) is 4.79 Å². The molecular formula is C17H15ClN2OS2. The Morgan fingerprint density at radius 3 is 2.70 bits per heavy atom. The van der Waals surface area contributed by atoms with E-state index in [4.69, 9.17) is 11.6 Å². The van der Waals surface area contributed by atoms with E-state index in [0.29, 0.717) is 18.0 Å². The lowest BCUT2D eigenvalue weighted by molar-refractivity contribution is -0.120. The molecule has 118 valence electrons. The highest BCUT2D eigenvalue weighted by molar-refractivity contribution is 7.16. The van der Waals surface area contributed by atoms with Gasteiger partial charge in [-0.05, 0) is 36.8 Å². The van der Waals surface area contributed by atoms with Crippen molar-refractivity contribution in [1.82, 2.24) is 10.3 Å². The molecule has 0 fully saturated rings. The molecule has 0 unspecified atom stereocenters. The normalized spacial score (nSPS) is 10.7. The molecule has 6 heteroatoms. The summed E-state index contributed by atoms with van der Waals surface area (Å²) >= 11 is 9.15. The van der Waals surface area contributed by atoms with Gasteiger partial charge in [0.2, 0.25) is 5.91 Å². The second-order valence-corrected chi connectivity index (χ2v) is 7.76. The first-order valence-electron chi connectivity index (χ1n) is 7.12. The molecule has 0 aliphatic rings. The van der Waals surface area contributed by atoms with Crippen LogP contribution in [0.1, 0.15) is 15.4 Å². The number of carbonyl (C=O) groups is 1. The van der Waals surface area contributed by atoms with Gasteiger partial charge in [-0.1, -0.05) is 23.7 Å². The maximum Gasteiger partial charge on any atom is 0.224 e. The number of halogens is 1. The van der Waals surface area contributed by atoms with Gasteiger partial charge in [0, 0.05) is 15.3 Å². The summed E-state index contributed by atoms with van der Waals surface area (Å²) in [5.41, 5.74) is 1.97. The molecule has 2 heterocycles. The molecule has 0 aliphatic heterocycles. The summed E-state index contributed by atoms with van der Waals surface area (Å²) in [6.07, 6.45) is 0.362. The van der Waals surface area contributed by atoms with E-state index in [0.717, 1.165) is 26.0 Å². The number of aryl methyl sites for hydroxylation is 1. The predicted molar refractivity (Wildman–Crippen MR) is 97.2 cm³/mol. The Labute approximate surface area is 148 Å². The lowest BCUT2D eigenvalue weighted by atomic mass is 10.1. The maximum atomic E-state index is 12.0. The van der Waals surface area contributed by atoms with Crippen LogP contribution in [0.2, 0.25) is 5.02 Å². The highest BCUT2D eigenvalue weighted by Gasteiger charge is 2.08. The van der Waals surface area contributed by atoms with Crippen LogP contribution in [0, 0.1) is 6.92 Å². The van der Waals surface area contributed by atoms with E-state index >= 15 is 0 Å². The lowest BCUT2D eigenvalue weighted by Gasteiger charge is -2.04. The molecule has 3 aromatic rings. The molecule has 0 atom stereocenters. The molecule has 0 saturated heterocycles. The molecule has 1 amide bonds. The predicted octanol–water partition coefficient (Wildman–Crippen LogP) is 4.69. The van der Waals surface area contributed by atoms with Crippen molar-refractivity contribution in [2.24, 2.45) is 0 Å². The average Bonchev–Trinajstić information content (AvgIpc) is 3.16. The molecule has 0 aliphatic carbocycles. The van der Waals surface area contributed by atoms with Crippen LogP contribution in [-0.4, -0.2) is 10.9 Å². The van der Waals surface area contributed by atoms with Crippen molar-refractivity contribution in [2.75, 3.05) is 0 Å². The van der Waals surface area contributed by atoms with Gasteiger partial charge in [0.25, 0.3) is 0 Å². The van der Waals surface area contributed by atoms with Crippen LogP contribution in [0.4, 0.5) is 0 Å². The number of benzene rings is 1. The first kappa shape index (κ1) is 16.2. The number of nitrogens with one attached hydrogen (secondary N) is 1. The van der Waals surface area contributed by atoms with Gasteiger partial charge in [-0.2, -0.15) is 0 Å². The van der Waals surface area contributed by atoms with Crippen molar-refractivity contribution in [1.29, 1.82) is 0 Å². The van der Waals surface area contributed by atoms with Crippen LogP contribution in [0.5, 0.6) is 0 Å². The zero-order valence-electron chi connectivity index (χ0n) is 12.5. The summed E-state index contributed by atoms with van der Waals surface area (Å²) in [7, 11) is 0. The number of hydrogen-bond donors (Lipinski definition) is 1. The lowest BCUT2D eigenvalue weighted by Crippen LogP contribution is -2.24. The van der Waals surface area contributed by atoms with Gasteiger partial charge in [-0.3, -0.25) is 4.79 Å². The largest absolute Gasteiger partial charge is 0.351 e. The third-order valence-corrected chi connectivity index (χ3v) is 5.40. The van der Waals surface area contributed by atoms with Gasteiger partial charge in [0.1, 0.15) is 0 Å². The second kappa shape index (κ2) is 7.25. The third kappa shape index (κ3) is 4.41. The van der Waals surface area contributed by atoms with Gasteiger partial charge >= 0.3 is 0 Å². The molecule has 23 heavy (non-hydrogen) atoms. The highest BCUT2D eigenvalue weighted by Crippen LogP contribution is 2.28. The minimum absolute atomic E-state index is 0.00627. The van der Waals surface area contributed by atoms with Crippen molar-refractivity contribution >= 4 is 40.2 Å². The summed E-state index contributed by atoms with van der Waals surface area (Å²) in [5, 5.41) is 6.75. The molecule has 0 bridgehead atoms. The van der Waals surface area contributed by atoms with Crippen LogP contribution in [0.3, 0.4) is 0 Å². The molecular weight excluding hydrogens is 348 g/mol. The molecule has 2 aromatic heterocycles. The Balaban J connectivity index is 1.55. The van der Waals surface area contributed by atoms with E-state index in [-0.39, 0.29) is 5.91 Å². The first-order valence-corrected chi connectivity index (χ1v) is 9.20. The first-order chi connectivity index (χ1) is 11.1. The van der Waals surface area contributed by atoms with Gasteiger partial charge < -0.3 is 5.32 Å². The number of amides is 1. The van der Waals surface area contributed by atoms with Gasteiger partial charge in [-0.25, -0.2) is 4.98 Å². The Morgan fingerprint density at radius 2 is 2.00 bits per heavy atom. The number of carbonyl (C=O) groups excluding carboxylic acids is 1. The van der Waals surface area contributed by atoms with E-state index in [1.807, 2.05) is 25.1 Å². The average molecular weight is 363 g/mol. The number of thiazole rings is 1. The fraction of sp³-hybridized carbons (Fsp3) is 0.176. The number of nitrogens with zero attached hydrogens (tertiary/aromatic N) is 1. The quantitative estimate of drug-likeness (QED) is 0.715. The van der Waals surface area contributed by atoms with E-state index in [1.165, 1.54) is 0 Å². The summed E-state index contributed by atoms with van der Waals surface area (Å²) in [5.74, 6) is 0.00627. The maximum absolute atomic E-state index is 12.0. The molecule has 3 nitrogen and oxygen atoms in total.